The van der Waals surface area contributed by atoms with Gasteiger partial charge in [0.1, 0.15) is 7.05 Å². The van der Waals surface area contributed by atoms with Crippen molar-refractivity contribution in [2.45, 2.75) is 32.9 Å². The third-order valence-corrected chi connectivity index (χ3v) is 6.09. The number of fused-ring (bicyclic) bond motifs is 4. The second-order valence-electron chi connectivity index (χ2n) is 8.28. The van der Waals surface area contributed by atoms with Gasteiger partial charge in [0, 0.05) is 40.4 Å². The monoisotopic (exact) mass is 435 g/mol. The van der Waals surface area contributed by atoms with Crippen LogP contribution in [0.15, 0.2) is 59.0 Å². The van der Waals surface area contributed by atoms with Gasteiger partial charge >= 0.3 is 6.18 Å². The van der Waals surface area contributed by atoms with Crippen LogP contribution in [0.4, 0.5) is 13.2 Å². The lowest BCUT2D eigenvalue weighted by Crippen LogP contribution is -2.32. The molecule has 0 N–H and O–H groups in total. The number of rotatable bonds is 3. The molecule has 0 aliphatic carbocycles. The van der Waals surface area contributed by atoms with Gasteiger partial charge in [0.05, 0.1) is 5.56 Å². The smallest absolute Gasteiger partial charge is 0.389 e. The number of aryl methyl sites for hydroxylation is 4. The van der Waals surface area contributed by atoms with E-state index in [0.29, 0.717) is 11.3 Å². The van der Waals surface area contributed by atoms with Crippen LogP contribution in [-0.4, -0.2) is 11.2 Å². The molecule has 0 spiro atoms. The van der Waals surface area contributed by atoms with Gasteiger partial charge in [-0.2, -0.15) is 17.7 Å². The van der Waals surface area contributed by atoms with Crippen molar-refractivity contribution in [1.29, 1.82) is 0 Å². The van der Waals surface area contributed by atoms with Crippen LogP contribution in [0.2, 0.25) is 0 Å². The first kappa shape index (κ1) is 20.5. The summed E-state index contributed by atoms with van der Waals surface area (Å²) in [4.78, 5) is 4.54. The summed E-state index contributed by atoms with van der Waals surface area (Å²) in [6, 6.07) is 17.5. The van der Waals surface area contributed by atoms with Gasteiger partial charge in [-0.1, -0.05) is 24.3 Å². The lowest BCUT2D eigenvalue weighted by atomic mass is 9.98. The van der Waals surface area contributed by atoms with E-state index < -0.39 is 12.6 Å². The highest BCUT2D eigenvalue weighted by atomic mass is 19.4. The van der Waals surface area contributed by atoms with E-state index in [2.05, 4.69) is 11.1 Å². The topological polar surface area (TPSA) is 29.9 Å². The Hall–Kier alpha value is -3.41. The third-order valence-electron chi connectivity index (χ3n) is 6.09. The molecule has 0 aliphatic rings. The fraction of sp³-hybridized carbons (Fsp3) is 0.231. The molecule has 0 fully saturated rings. The van der Waals surface area contributed by atoms with Crippen molar-refractivity contribution in [3.63, 3.8) is 0 Å². The molecule has 162 valence electrons. The van der Waals surface area contributed by atoms with Crippen LogP contribution in [0.1, 0.15) is 23.2 Å². The van der Waals surface area contributed by atoms with Crippen LogP contribution in [0.3, 0.4) is 0 Å². The zero-order chi connectivity index (χ0) is 22.6. The van der Waals surface area contributed by atoms with Gasteiger partial charge < -0.3 is 4.42 Å². The van der Waals surface area contributed by atoms with Crippen molar-refractivity contribution in [2.75, 3.05) is 0 Å². The lowest BCUT2D eigenvalue weighted by molar-refractivity contribution is -0.633. The van der Waals surface area contributed by atoms with Crippen LogP contribution in [0.5, 0.6) is 0 Å². The Morgan fingerprint density at radius 2 is 1.66 bits per heavy atom. The van der Waals surface area contributed by atoms with Crippen molar-refractivity contribution >= 4 is 33.0 Å². The van der Waals surface area contributed by atoms with Crippen LogP contribution in [-0.2, 0) is 13.5 Å². The second kappa shape index (κ2) is 7.33. The Bertz CT molecular complexity index is 1500. The van der Waals surface area contributed by atoms with E-state index in [9.17, 15) is 13.2 Å². The Morgan fingerprint density at radius 3 is 2.44 bits per heavy atom. The normalized spacial score (nSPS) is 12.3. The summed E-state index contributed by atoms with van der Waals surface area (Å²) >= 11 is 0. The summed E-state index contributed by atoms with van der Waals surface area (Å²) in [5, 5.41) is 2.78. The summed E-state index contributed by atoms with van der Waals surface area (Å²) in [7, 11) is 1.94. The van der Waals surface area contributed by atoms with Crippen LogP contribution < -0.4 is 4.57 Å². The Kier molecular flexibility index (Phi) is 4.69. The number of nitrogens with zero attached hydrogens (tertiary/aromatic N) is 2. The lowest BCUT2D eigenvalue weighted by Gasteiger charge is -2.10. The highest BCUT2D eigenvalue weighted by molar-refractivity contribution is 6.08. The molecule has 5 rings (SSSR count). The molecule has 0 atom stereocenters. The maximum Gasteiger partial charge on any atom is 0.389 e. The highest BCUT2D eigenvalue weighted by Gasteiger charge is 2.28. The van der Waals surface area contributed by atoms with Gasteiger partial charge in [-0.25, -0.2) is 4.98 Å². The quantitative estimate of drug-likeness (QED) is 0.294. The third kappa shape index (κ3) is 3.40. The fourth-order valence-corrected chi connectivity index (χ4v) is 4.46. The molecule has 5 aromatic rings. The maximum absolute atomic E-state index is 12.8. The minimum absolute atomic E-state index is 0.0383. The molecule has 0 radical (unpaired) electrons. The SMILES string of the molecule is Cc1ccc2c(n1)oc1c(-c3ccc4c(CCC(F)(F)F)cccc4[n+]3C)c(C)ccc12. The minimum atomic E-state index is -4.18. The molecule has 3 heterocycles. The molecule has 32 heavy (non-hydrogen) atoms. The Morgan fingerprint density at radius 1 is 0.906 bits per heavy atom. The maximum atomic E-state index is 12.8. The van der Waals surface area contributed by atoms with Gasteiger partial charge in [-0.15, -0.1) is 0 Å². The number of hydrogen-bond acceptors (Lipinski definition) is 2. The average Bonchev–Trinajstić information content (AvgIpc) is 3.10. The molecule has 0 saturated heterocycles. The summed E-state index contributed by atoms with van der Waals surface area (Å²) in [6.45, 7) is 3.96. The highest BCUT2D eigenvalue weighted by Crippen LogP contribution is 2.37. The molecule has 0 aliphatic heterocycles. The van der Waals surface area contributed by atoms with E-state index in [4.69, 9.17) is 4.42 Å². The average molecular weight is 435 g/mol. The van der Waals surface area contributed by atoms with Gasteiger partial charge in [-0.05, 0) is 49.6 Å². The van der Waals surface area contributed by atoms with E-state index in [-0.39, 0.29) is 6.42 Å². The van der Waals surface area contributed by atoms with Gasteiger partial charge in [0.2, 0.25) is 16.9 Å². The van der Waals surface area contributed by atoms with Crippen LogP contribution >= 0.6 is 0 Å². The summed E-state index contributed by atoms with van der Waals surface area (Å²) in [6.07, 6.45) is -5.05. The van der Waals surface area contributed by atoms with E-state index in [1.807, 2.05) is 67.9 Å². The Labute approximate surface area is 183 Å². The number of furan rings is 1. The van der Waals surface area contributed by atoms with E-state index in [1.165, 1.54) is 0 Å². The number of alkyl halides is 3. The van der Waals surface area contributed by atoms with Crippen LogP contribution in [0, 0.1) is 13.8 Å². The molecule has 3 nitrogen and oxygen atoms in total. The number of halogens is 3. The number of benzene rings is 2. The summed E-state index contributed by atoms with van der Waals surface area (Å²) < 4.78 is 46.6. The van der Waals surface area contributed by atoms with E-state index in [0.717, 1.165) is 49.8 Å². The first-order chi connectivity index (χ1) is 15.2. The number of pyridine rings is 2. The summed E-state index contributed by atoms with van der Waals surface area (Å²) in [5.41, 5.74) is 6.77. The second-order valence-corrected chi connectivity index (χ2v) is 8.28. The zero-order valence-corrected chi connectivity index (χ0v) is 18.0. The van der Waals surface area contributed by atoms with Gasteiger partial charge in [0.25, 0.3) is 0 Å². The molecule has 6 heteroatoms. The Balaban J connectivity index is 1.72. The van der Waals surface area contributed by atoms with Crippen molar-refractivity contribution in [3.05, 3.63) is 71.4 Å². The minimum Gasteiger partial charge on any atom is -0.437 e. The van der Waals surface area contributed by atoms with Crippen molar-refractivity contribution < 1.29 is 22.2 Å². The first-order valence-corrected chi connectivity index (χ1v) is 10.5. The molecule has 0 bridgehead atoms. The van der Waals surface area contributed by atoms with Gasteiger partial charge in [0.15, 0.2) is 5.58 Å². The van der Waals surface area contributed by atoms with Crippen molar-refractivity contribution in [3.8, 4) is 11.3 Å². The standard InChI is InChI=1S/C26H22F3N2O/c1-15-7-9-19-20-10-8-16(2)30-25(20)32-24(19)23(15)22-12-11-18-17(13-14-26(27,28)29)5-4-6-21(18)31(22)3/h4-12H,13-14H2,1-3H3/q+1. The van der Waals surface area contributed by atoms with Crippen LogP contribution in [0.25, 0.3) is 44.2 Å². The first-order valence-electron chi connectivity index (χ1n) is 10.5. The number of hydrogen-bond donors (Lipinski definition) is 0. The summed E-state index contributed by atoms with van der Waals surface area (Å²) in [5.74, 6) is 0. The van der Waals surface area contributed by atoms with E-state index in [1.54, 1.807) is 6.07 Å². The largest absolute Gasteiger partial charge is 0.437 e. The molecule has 2 aromatic carbocycles. The predicted octanol–water partition coefficient (Wildman–Crippen LogP) is 6.74. The van der Waals surface area contributed by atoms with Crippen molar-refractivity contribution in [1.82, 2.24) is 4.98 Å². The predicted molar refractivity (Wildman–Crippen MR) is 119 cm³/mol. The van der Waals surface area contributed by atoms with E-state index >= 15 is 0 Å². The fourth-order valence-electron chi connectivity index (χ4n) is 4.46. The van der Waals surface area contributed by atoms with Crippen molar-refractivity contribution in [2.24, 2.45) is 7.05 Å². The molecular weight excluding hydrogens is 413 g/mol. The molecule has 0 saturated carbocycles. The molecular formula is C26H22F3N2O+. The van der Waals surface area contributed by atoms with Gasteiger partial charge in [-0.3, -0.25) is 0 Å². The molecule has 0 unspecified atom stereocenters. The number of aromatic nitrogens is 2. The molecule has 3 aromatic heterocycles. The zero-order valence-electron chi connectivity index (χ0n) is 18.0. The molecule has 0 amide bonds.